The molecule has 0 amide bonds. The van der Waals surface area contributed by atoms with Gasteiger partial charge in [0.25, 0.3) is 0 Å². The van der Waals surface area contributed by atoms with Gasteiger partial charge in [-0.15, -0.1) is 0 Å². The molecule has 9 heteroatoms. The Kier molecular flexibility index (Phi) is 5.03. The molecule has 0 saturated carbocycles. The van der Waals surface area contributed by atoms with Gasteiger partial charge >= 0.3 is 0 Å². The van der Waals surface area contributed by atoms with Crippen LogP contribution in [-0.4, -0.2) is 47.8 Å². The molecule has 0 bridgehead atoms. The molecule has 8 nitrogen and oxygen atoms in total. The van der Waals surface area contributed by atoms with Crippen LogP contribution in [0.5, 0.6) is 0 Å². The van der Waals surface area contributed by atoms with Crippen molar-refractivity contribution in [3.63, 3.8) is 0 Å². The van der Waals surface area contributed by atoms with E-state index < -0.39 is 10.0 Å². The van der Waals surface area contributed by atoms with E-state index in [-0.39, 0.29) is 6.54 Å². The van der Waals surface area contributed by atoms with Crippen molar-refractivity contribution in [2.24, 2.45) is 0 Å². The second kappa shape index (κ2) is 7.48. The second-order valence-corrected chi connectivity index (χ2v) is 8.90. The number of anilines is 1. The van der Waals surface area contributed by atoms with E-state index in [4.69, 9.17) is 0 Å². The van der Waals surface area contributed by atoms with E-state index in [1.165, 1.54) is 12.8 Å². The second-order valence-electron chi connectivity index (χ2n) is 7.16. The minimum Gasteiger partial charge on any atom is -0.356 e. The lowest BCUT2D eigenvalue weighted by Crippen LogP contribution is -2.28. The third kappa shape index (κ3) is 3.59. The lowest BCUT2D eigenvalue weighted by molar-refractivity contribution is 0.564. The van der Waals surface area contributed by atoms with Crippen molar-refractivity contribution in [3.8, 4) is 0 Å². The molecule has 4 rings (SSSR count). The van der Waals surface area contributed by atoms with E-state index in [1.54, 1.807) is 36.3 Å². The van der Waals surface area contributed by atoms with Crippen LogP contribution in [-0.2, 0) is 16.6 Å². The molecular formula is C19H24N6O2S. The number of sulfonamides is 1. The molecule has 2 aromatic heterocycles. The number of aryl methyl sites for hydroxylation is 2. The lowest BCUT2D eigenvalue weighted by Gasteiger charge is -2.16. The van der Waals surface area contributed by atoms with Gasteiger partial charge in [0.15, 0.2) is 5.65 Å². The SMILES string of the molecule is Cc1ccc(S(=O)(=O)NCCn2ncc3c(N4CCCC4)ncnc32)c(C)c1. The fourth-order valence-corrected chi connectivity index (χ4v) is 4.94. The fraction of sp³-hybridized carbons (Fsp3) is 0.421. The number of rotatable bonds is 6. The Balaban J connectivity index is 1.49. The highest BCUT2D eigenvalue weighted by Gasteiger charge is 2.19. The van der Waals surface area contributed by atoms with Gasteiger partial charge in [-0.05, 0) is 38.3 Å². The number of hydrogen-bond acceptors (Lipinski definition) is 6. The zero-order valence-electron chi connectivity index (χ0n) is 16.1. The molecule has 0 unspecified atom stereocenters. The van der Waals surface area contributed by atoms with Crippen molar-refractivity contribution in [3.05, 3.63) is 41.9 Å². The molecule has 0 spiro atoms. The molecule has 3 heterocycles. The van der Waals surface area contributed by atoms with Crippen molar-refractivity contribution in [2.75, 3.05) is 24.5 Å². The van der Waals surface area contributed by atoms with Crippen molar-refractivity contribution < 1.29 is 8.42 Å². The first-order valence-electron chi connectivity index (χ1n) is 9.44. The number of nitrogens with zero attached hydrogens (tertiary/aromatic N) is 5. The maximum atomic E-state index is 12.6. The van der Waals surface area contributed by atoms with E-state index in [9.17, 15) is 8.42 Å². The molecule has 0 atom stereocenters. The first kappa shape index (κ1) is 18.8. The van der Waals surface area contributed by atoms with Crippen molar-refractivity contribution in [2.45, 2.75) is 38.1 Å². The Hall–Kier alpha value is -2.52. The highest BCUT2D eigenvalue weighted by atomic mass is 32.2. The number of nitrogens with one attached hydrogen (secondary N) is 1. The third-order valence-corrected chi connectivity index (χ3v) is 6.68. The Morgan fingerprint density at radius 1 is 1.14 bits per heavy atom. The van der Waals surface area contributed by atoms with Gasteiger partial charge in [-0.1, -0.05) is 17.7 Å². The van der Waals surface area contributed by atoms with Gasteiger partial charge in [-0.2, -0.15) is 5.10 Å². The van der Waals surface area contributed by atoms with Crippen LogP contribution in [0.1, 0.15) is 24.0 Å². The van der Waals surface area contributed by atoms with Crippen LogP contribution in [0.4, 0.5) is 5.82 Å². The zero-order valence-corrected chi connectivity index (χ0v) is 16.9. The molecule has 1 aliphatic heterocycles. The summed E-state index contributed by atoms with van der Waals surface area (Å²) in [6.45, 7) is 6.36. The summed E-state index contributed by atoms with van der Waals surface area (Å²) in [6, 6.07) is 5.32. The monoisotopic (exact) mass is 400 g/mol. The van der Waals surface area contributed by atoms with Crippen LogP contribution in [0.2, 0.25) is 0 Å². The molecule has 0 radical (unpaired) electrons. The van der Waals surface area contributed by atoms with Crippen LogP contribution >= 0.6 is 0 Å². The predicted octanol–water partition coefficient (Wildman–Crippen LogP) is 2.02. The van der Waals surface area contributed by atoms with E-state index >= 15 is 0 Å². The highest BCUT2D eigenvalue weighted by molar-refractivity contribution is 7.89. The summed E-state index contributed by atoms with van der Waals surface area (Å²) in [5.74, 6) is 0.907. The van der Waals surface area contributed by atoms with Gasteiger partial charge in [-0.25, -0.2) is 27.8 Å². The third-order valence-electron chi connectivity index (χ3n) is 5.05. The minimum atomic E-state index is -3.57. The van der Waals surface area contributed by atoms with Gasteiger partial charge in [0.1, 0.15) is 12.1 Å². The number of aromatic nitrogens is 4. The molecule has 3 aromatic rings. The minimum absolute atomic E-state index is 0.232. The summed E-state index contributed by atoms with van der Waals surface area (Å²) >= 11 is 0. The van der Waals surface area contributed by atoms with Crippen LogP contribution in [0, 0.1) is 13.8 Å². The van der Waals surface area contributed by atoms with Gasteiger partial charge in [-0.3, -0.25) is 0 Å². The van der Waals surface area contributed by atoms with Gasteiger partial charge in [0.2, 0.25) is 10.0 Å². The molecule has 148 valence electrons. The smallest absolute Gasteiger partial charge is 0.240 e. The summed E-state index contributed by atoms with van der Waals surface area (Å²) in [5.41, 5.74) is 2.50. The quantitative estimate of drug-likeness (QED) is 0.680. The first-order chi connectivity index (χ1) is 13.5. The average molecular weight is 401 g/mol. The fourth-order valence-electron chi connectivity index (χ4n) is 3.69. The normalized spacial score (nSPS) is 14.9. The lowest BCUT2D eigenvalue weighted by atomic mass is 10.2. The first-order valence-corrected chi connectivity index (χ1v) is 10.9. The van der Waals surface area contributed by atoms with Crippen LogP contribution < -0.4 is 9.62 Å². The molecular weight excluding hydrogens is 376 g/mol. The summed E-state index contributed by atoms with van der Waals surface area (Å²) in [7, 11) is -3.57. The number of benzene rings is 1. The van der Waals surface area contributed by atoms with Crippen LogP contribution in [0.3, 0.4) is 0 Å². The Morgan fingerprint density at radius 3 is 2.68 bits per heavy atom. The number of fused-ring (bicyclic) bond motifs is 1. The molecule has 1 saturated heterocycles. The molecule has 28 heavy (non-hydrogen) atoms. The number of hydrogen-bond donors (Lipinski definition) is 1. The zero-order chi connectivity index (χ0) is 19.7. The predicted molar refractivity (Wildman–Crippen MR) is 108 cm³/mol. The average Bonchev–Trinajstić information content (AvgIpc) is 3.31. The summed E-state index contributed by atoms with van der Waals surface area (Å²) < 4.78 is 29.6. The topological polar surface area (TPSA) is 93.0 Å². The van der Waals surface area contributed by atoms with Gasteiger partial charge in [0, 0.05) is 19.6 Å². The Bertz CT molecular complexity index is 1100. The molecule has 1 aromatic carbocycles. The maximum Gasteiger partial charge on any atom is 0.240 e. The Labute approximate surface area is 164 Å². The summed E-state index contributed by atoms with van der Waals surface area (Å²) in [6.07, 6.45) is 5.65. The molecule has 1 N–H and O–H groups in total. The molecule has 1 fully saturated rings. The maximum absolute atomic E-state index is 12.6. The molecule has 1 aliphatic rings. The van der Waals surface area contributed by atoms with Crippen LogP contribution in [0.25, 0.3) is 11.0 Å². The van der Waals surface area contributed by atoms with E-state index in [0.29, 0.717) is 11.4 Å². The highest BCUT2D eigenvalue weighted by Crippen LogP contribution is 2.25. The summed E-state index contributed by atoms with van der Waals surface area (Å²) in [5, 5.41) is 5.31. The van der Waals surface area contributed by atoms with E-state index in [1.807, 2.05) is 13.0 Å². The van der Waals surface area contributed by atoms with Gasteiger partial charge < -0.3 is 4.90 Å². The molecule has 0 aliphatic carbocycles. The Morgan fingerprint density at radius 2 is 1.93 bits per heavy atom. The standard InChI is InChI=1S/C19H24N6O2S/c1-14-5-6-17(15(2)11-14)28(26,27)23-7-10-25-19-16(12-22-25)18(20-13-21-19)24-8-3-4-9-24/h5-6,11-13,23H,3-4,7-10H2,1-2H3. The summed E-state index contributed by atoms with van der Waals surface area (Å²) in [4.78, 5) is 11.3. The van der Waals surface area contributed by atoms with Crippen molar-refractivity contribution in [1.29, 1.82) is 0 Å². The van der Waals surface area contributed by atoms with Crippen LogP contribution in [0.15, 0.2) is 35.6 Å². The van der Waals surface area contributed by atoms with Crippen molar-refractivity contribution in [1.82, 2.24) is 24.5 Å². The van der Waals surface area contributed by atoms with E-state index in [0.717, 1.165) is 41.1 Å². The van der Waals surface area contributed by atoms with Crippen molar-refractivity contribution >= 4 is 26.9 Å². The van der Waals surface area contributed by atoms with Gasteiger partial charge in [0.05, 0.1) is 23.0 Å². The van der Waals surface area contributed by atoms with E-state index in [2.05, 4.69) is 24.7 Å². The largest absolute Gasteiger partial charge is 0.356 e.